The molecule has 0 aliphatic heterocycles. The van der Waals surface area contributed by atoms with Crippen molar-refractivity contribution in [2.24, 2.45) is 0 Å². The van der Waals surface area contributed by atoms with Crippen LogP contribution >= 0.6 is 15.9 Å². The molecule has 0 fully saturated rings. The second kappa shape index (κ2) is 11.0. The number of hydrogen-bond acceptors (Lipinski definition) is 5. The Morgan fingerprint density at radius 2 is 1.83 bits per heavy atom. The molecule has 0 aliphatic rings. The first-order valence-electron chi connectivity index (χ1n) is 8.79. The summed E-state index contributed by atoms with van der Waals surface area (Å²) in [6.45, 7) is 1.58. The number of rotatable bonds is 8. The first-order chi connectivity index (χ1) is 13.9. The fraction of sp³-hybridized carbons (Fsp3) is 0.190. The number of hydrogen-bond donors (Lipinski definition) is 2. The molecule has 0 aromatic heterocycles. The van der Waals surface area contributed by atoms with Crippen molar-refractivity contribution in [3.05, 3.63) is 69.8 Å². The summed E-state index contributed by atoms with van der Waals surface area (Å²) < 4.78 is 10.7. The fourth-order valence-corrected chi connectivity index (χ4v) is 2.71. The van der Waals surface area contributed by atoms with E-state index in [-0.39, 0.29) is 18.8 Å². The van der Waals surface area contributed by atoms with E-state index < -0.39 is 17.8 Å². The Kier molecular flexibility index (Phi) is 8.42. The molecule has 0 radical (unpaired) electrons. The van der Waals surface area contributed by atoms with Crippen molar-refractivity contribution < 1.29 is 23.9 Å². The Balaban J connectivity index is 2.23. The molecule has 0 aliphatic carbocycles. The zero-order chi connectivity index (χ0) is 21.2. The van der Waals surface area contributed by atoms with Crippen LogP contribution in [0.4, 0.5) is 0 Å². The van der Waals surface area contributed by atoms with Crippen LogP contribution in [0.3, 0.4) is 0 Å². The lowest BCUT2D eigenvalue weighted by Gasteiger charge is -2.11. The third kappa shape index (κ3) is 7.08. The summed E-state index contributed by atoms with van der Waals surface area (Å²) in [5, 5.41) is 5.05. The van der Waals surface area contributed by atoms with E-state index >= 15 is 0 Å². The van der Waals surface area contributed by atoms with Crippen molar-refractivity contribution >= 4 is 39.8 Å². The maximum atomic E-state index is 12.6. The van der Waals surface area contributed by atoms with E-state index in [2.05, 4.69) is 26.6 Å². The fourth-order valence-electron chi connectivity index (χ4n) is 2.31. The van der Waals surface area contributed by atoms with Gasteiger partial charge in [-0.3, -0.25) is 14.4 Å². The monoisotopic (exact) mass is 460 g/mol. The molecule has 0 saturated heterocycles. The maximum Gasteiger partial charge on any atom is 0.325 e. The van der Waals surface area contributed by atoms with E-state index in [1.165, 1.54) is 6.08 Å². The summed E-state index contributed by atoms with van der Waals surface area (Å²) in [7, 11) is 1.55. The smallest absolute Gasteiger partial charge is 0.325 e. The van der Waals surface area contributed by atoms with Crippen LogP contribution in [-0.4, -0.2) is 38.0 Å². The quantitative estimate of drug-likeness (QED) is 0.466. The predicted molar refractivity (Wildman–Crippen MR) is 112 cm³/mol. The van der Waals surface area contributed by atoms with Gasteiger partial charge < -0.3 is 20.1 Å². The van der Waals surface area contributed by atoms with Gasteiger partial charge in [0.05, 0.1) is 13.7 Å². The average molecular weight is 461 g/mol. The summed E-state index contributed by atoms with van der Waals surface area (Å²) in [6.07, 6.45) is 1.51. The molecule has 0 saturated carbocycles. The Morgan fingerprint density at radius 1 is 1.10 bits per heavy atom. The summed E-state index contributed by atoms with van der Waals surface area (Å²) in [5.74, 6) is -0.980. The van der Waals surface area contributed by atoms with E-state index in [1.54, 1.807) is 62.6 Å². The zero-order valence-corrected chi connectivity index (χ0v) is 17.6. The van der Waals surface area contributed by atoms with Crippen LogP contribution < -0.4 is 15.4 Å². The van der Waals surface area contributed by atoms with Gasteiger partial charge in [-0.15, -0.1) is 0 Å². The molecule has 0 spiro atoms. The molecular weight excluding hydrogens is 440 g/mol. The second-order valence-corrected chi connectivity index (χ2v) is 6.70. The van der Waals surface area contributed by atoms with Gasteiger partial charge in [-0.25, -0.2) is 0 Å². The highest BCUT2D eigenvalue weighted by atomic mass is 79.9. The number of halogens is 1. The molecule has 2 N–H and O–H groups in total. The SMILES string of the molecule is CCOC(=O)CNC(=O)C(=Cc1ccc(OC)cc1)NC(=O)c1cccc(Br)c1. The average Bonchev–Trinajstić information content (AvgIpc) is 2.72. The molecule has 2 aromatic rings. The third-order valence-corrected chi connectivity index (χ3v) is 4.20. The van der Waals surface area contributed by atoms with Crippen LogP contribution in [0.15, 0.2) is 58.7 Å². The molecule has 0 heterocycles. The summed E-state index contributed by atoms with van der Waals surface area (Å²) in [4.78, 5) is 36.7. The van der Waals surface area contributed by atoms with Gasteiger partial charge in [0.2, 0.25) is 0 Å². The molecule has 2 amide bonds. The summed E-state index contributed by atoms with van der Waals surface area (Å²) in [5.41, 5.74) is 1.03. The molecular formula is C21H21BrN2O5. The van der Waals surface area contributed by atoms with Gasteiger partial charge in [0.25, 0.3) is 11.8 Å². The van der Waals surface area contributed by atoms with Crippen LogP contribution in [0.2, 0.25) is 0 Å². The highest BCUT2D eigenvalue weighted by Gasteiger charge is 2.16. The first kappa shape index (κ1) is 22.2. The van der Waals surface area contributed by atoms with Gasteiger partial charge in [0.1, 0.15) is 18.0 Å². The van der Waals surface area contributed by atoms with Gasteiger partial charge in [0.15, 0.2) is 0 Å². The van der Waals surface area contributed by atoms with Crippen molar-refractivity contribution in [2.45, 2.75) is 6.92 Å². The maximum absolute atomic E-state index is 12.6. The first-order valence-corrected chi connectivity index (χ1v) is 9.58. The lowest BCUT2D eigenvalue weighted by atomic mass is 10.1. The van der Waals surface area contributed by atoms with Gasteiger partial charge in [-0.1, -0.05) is 34.1 Å². The van der Waals surface area contributed by atoms with Crippen molar-refractivity contribution in [3.63, 3.8) is 0 Å². The van der Waals surface area contributed by atoms with E-state index in [0.717, 1.165) is 4.47 Å². The predicted octanol–water partition coefficient (Wildman–Crippen LogP) is 2.91. The van der Waals surface area contributed by atoms with Crippen LogP contribution in [-0.2, 0) is 14.3 Å². The van der Waals surface area contributed by atoms with Gasteiger partial charge in [-0.2, -0.15) is 0 Å². The van der Waals surface area contributed by atoms with Crippen LogP contribution in [0, 0.1) is 0 Å². The van der Waals surface area contributed by atoms with Crippen molar-refractivity contribution in [3.8, 4) is 5.75 Å². The van der Waals surface area contributed by atoms with Crippen molar-refractivity contribution in [1.82, 2.24) is 10.6 Å². The second-order valence-electron chi connectivity index (χ2n) is 5.78. The number of amides is 2. The van der Waals surface area contributed by atoms with Crippen molar-refractivity contribution in [1.29, 1.82) is 0 Å². The summed E-state index contributed by atoms with van der Waals surface area (Å²) >= 11 is 3.31. The Hall–Kier alpha value is -3.13. The highest BCUT2D eigenvalue weighted by molar-refractivity contribution is 9.10. The van der Waals surface area contributed by atoms with Gasteiger partial charge in [-0.05, 0) is 48.9 Å². The lowest BCUT2D eigenvalue weighted by molar-refractivity contribution is -0.143. The van der Waals surface area contributed by atoms with E-state index in [4.69, 9.17) is 9.47 Å². The molecule has 0 unspecified atom stereocenters. The Morgan fingerprint density at radius 3 is 2.45 bits per heavy atom. The number of carbonyl (C=O) groups is 3. The molecule has 0 bridgehead atoms. The molecule has 2 rings (SSSR count). The highest BCUT2D eigenvalue weighted by Crippen LogP contribution is 2.15. The topological polar surface area (TPSA) is 93.7 Å². The number of carbonyl (C=O) groups excluding carboxylic acids is 3. The number of nitrogens with one attached hydrogen (secondary N) is 2. The molecule has 7 nitrogen and oxygen atoms in total. The largest absolute Gasteiger partial charge is 0.497 e. The number of benzene rings is 2. The van der Waals surface area contributed by atoms with E-state index in [9.17, 15) is 14.4 Å². The standard InChI is InChI=1S/C21H21BrN2O5/c1-3-29-19(25)13-23-21(27)18(11-14-7-9-17(28-2)10-8-14)24-20(26)15-5-4-6-16(22)12-15/h4-12H,3,13H2,1-2H3,(H,23,27)(H,24,26). The number of methoxy groups -OCH3 is 1. The van der Waals surface area contributed by atoms with Crippen LogP contribution in [0.1, 0.15) is 22.8 Å². The third-order valence-electron chi connectivity index (χ3n) is 3.71. The zero-order valence-electron chi connectivity index (χ0n) is 16.0. The Bertz CT molecular complexity index is 910. The van der Waals surface area contributed by atoms with Crippen LogP contribution in [0.5, 0.6) is 5.75 Å². The molecule has 152 valence electrons. The van der Waals surface area contributed by atoms with E-state index in [1.807, 2.05) is 0 Å². The van der Waals surface area contributed by atoms with Crippen molar-refractivity contribution in [2.75, 3.05) is 20.3 Å². The molecule has 0 atom stereocenters. The Labute approximate surface area is 177 Å². The summed E-state index contributed by atoms with van der Waals surface area (Å²) in [6, 6.07) is 13.7. The molecule has 2 aromatic carbocycles. The number of ether oxygens (including phenoxy) is 2. The van der Waals surface area contributed by atoms with Gasteiger partial charge >= 0.3 is 5.97 Å². The van der Waals surface area contributed by atoms with E-state index in [0.29, 0.717) is 16.9 Å². The van der Waals surface area contributed by atoms with Crippen LogP contribution in [0.25, 0.3) is 6.08 Å². The normalized spacial score (nSPS) is 10.8. The molecule has 29 heavy (non-hydrogen) atoms. The minimum atomic E-state index is -0.614. The van der Waals surface area contributed by atoms with Gasteiger partial charge in [0, 0.05) is 10.0 Å². The molecule has 8 heteroatoms. The minimum Gasteiger partial charge on any atom is -0.497 e. The number of esters is 1. The lowest BCUT2D eigenvalue weighted by Crippen LogP contribution is -2.37. The minimum absolute atomic E-state index is 0.00978.